The summed E-state index contributed by atoms with van der Waals surface area (Å²) in [4.78, 5) is 5.74. The summed E-state index contributed by atoms with van der Waals surface area (Å²) in [5.74, 6) is 0.625. The highest BCUT2D eigenvalue weighted by Crippen LogP contribution is 2.29. The van der Waals surface area contributed by atoms with Gasteiger partial charge in [-0.3, -0.25) is 0 Å². The number of nitrogens with zero attached hydrogens (tertiary/aromatic N) is 2. The Morgan fingerprint density at radius 1 is 1.59 bits per heavy atom. The van der Waals surface area contributed by atoms with Crippen LogP contribution in [-0.4, -0.2) is 22.6 Å². The molecule has 90 valence electrons. The molecule has 2 unspecified atom stereocenters. The average Bonchev–Trinajstić information content (AvgIpc) is 3.09. The molecule has 2 aromatic rings. The minimum Gasteiger partial charge on any atom is -0.326 e. The lowest BCUT2D eigenvalue weighted by Crippen LogP contribution is -2.14. The number of hydrogen-bond acceptors (Lipinski definition) is 3. The van der Waals surface area contributed by atoms with E-state index in [-0.39, 0.29) is 0 Å². The second-order valence-electron chi connectivity index (χ2n) is 4.61. The van der Waals surface area contributed by atoms with Crippen LogP contribution in [0.2, 0.25) is 0 Å². The molecular formula is C13H17N3S. The predicted octanol–water partition coefficient (Wildman–Crippen LogP) is 2.63. The molecule has 4 heteroatoms. The summed E-state index contributed by atoms with van der Waals surface area (Å²) in [6.07, 6.45) is 5.22. The third-order valence-corrected chi connectivity index (χ3v) is 4.59. The first-order chi connectivity index (χ1) is 8.36. The van der Waals surface area contributed by atoms with Gasteiger partial charge in [0.2, 0.25) is 0 Å². The van der Waals surface area contributed by atoms with Crippen LogP contribution in [0.25, 0.3) is 0 Å². The van der Waals surface area contributed by atoms with E-state index in [9.17, 15) is 0 Å². The standard InChI is InChI=1S/C13H17N3S/c1-10(13-3-2-6-17-13)16-9-15-8-12(16)11-4-5-14-7-11/h2-3,6,8-11,14H,4-5,7H2,1H3. The first kappa shape index (κ1) is 11.0. The van der Waals surface area contributed by atoms with Crippen LogP contribution >= 0.6 is 11.3 Å². The number of hydrogen-bond donors (Lipinski definition) is 1. The van der Waals surface area contributed by atoms with Crippen molar-refractivity contribution >= 4 is 11.3 Å². The molecule has 0 bridgehead atoms. The van der Waals surface area contributed by atoms with Gasteiger partial charge in [-0.2, -0.15) is 0 Å². The smallest absolute Gasteiger partial charge is 0.0954 e. The van der Waals surface area contributed by atoms with Crippen molar-refractivity contribution in [3.63, 3.8) is 0 Å². The van der Waals surface area contributed by atoms with E-state index in [4.69, 9.17) is 0 Å². The normalized spacial score (nSPS) is 21.8. The van der Waals surface area contributed by atoms with Gasteiger partial charge in [0, 0.05) is 29.2 Å². The van der Waals surface area contributed by atoms with Crippen molar-refractivity contribution in [1.29, 1.82) is 0 Å². The molecule has 0 aliphatic carbocycles. The minimum atomic E-state index is 0.396. The molecule has 1 saturated heterocycles. The second-order valence-corrected chi connectivity index (χ2v) is 5.59. The van der Waals surface area contributed by atoms with Crippen molar-refractivity contribution in [2.24, 2.45) is 0 Å². The summed E-state index contributed by atoms with van der Waals surface area (Å²) in [6.45, 7) is 4.46. The molecule has 0 spiro atoms. The summed E-state index contributed by atoms with van der Waals surface area (Å²) in [7, 11) is 0. The number of aromatic nitrogens is 2. The Bertz CT molecular complexity index is 469. The van der Waals surface area contributed by atoms with Gasteiger partial charge in [0.1, 0.15) is 0 Å². The molecule has 3 heterocycles. The Kier molecular flexibility index (Phi) is 2.99. The van der Waals surface area contributed by atoms with Gasteiger partial charge in [0.05, 0.1) is 12.4 Å². The summed E-state index contributed by atoms with van der Waals surface area (Å²) < 4.78 is 2.32. The number of imidazole rings is 1. The molecule has 3 rings (SSSR count). The molecular weight excluding hydrogens is 230 g/mol. The van der Waals surface area contributed by atoms with E-state index in [0.717, 1.165) is 13.1 Å². The molecule has 1 N–H and O–H groups in total. The van der Waals surface area contributed by atoms with E-state index in [1.807, 2.05) is 23.9 Å². The van der Waals surface area contributed by atoms with Crippen LogP contribution in [0.5, 0.6) is 0 Å². The largest absolute Gasteiger partial charge is 0.326 e. The number of rotatable bonds is 3. The van der Waals surface area contributed by atoms with E-state index in [2.05, 4.69) is 39.3 Å². The lowest BCUT2D eigenvalue weighted by molar-refractivity contribution is 0.581. The van der Waals surface area contributed by atoms with Crippen molar-refractivity contribution in [3.05, 3.63) is 40.6 Å². The van der Waals surface area contributed by atoms with Crippen molar-refractivity contribution in [1.82, 2.24) is 14.9 Å². The molecule has 1 aliphatic rings. The topological polar surface area (TPSA) is 29.9 Å². The zero-order chi connectivity index (χ0) is 11.7. The fraction of sp³-hybridized carbons (Fsp3) is 0.462. The van der Waals surface area contributed by atoms with Crippen LogP contribution in [0.3, 0.4) is 0 Å². The van der Waals surface area contributed by atoms with E-state index < -0.39 is 0 Å². The highest BCUT2D eigenvalue weighted by atomic mass is 32.1. The Hall–Kier alpha value is -1.13. The quantitative estimate of drug-likeness (QED) is 0.903. The molecule has 1 aliphatic heterocycles. The fourth-order valence-corrected chi connectivity index (χ4v) is 3.31. The van der Waals surface area contributed by atoms with E-state index in [0.29, 0.717) is 12.0 Å². The van der Waals surface area contributed by atoms with E-state index >= 15 is 0 Å². The minimum absolute atomic E-state index is 0.396. The molecule has 0 radical (unpaired) electrons. The van der Waals surface area contributed by atoms with E-state index in [1.54, 1.807) is 0 Å². The SMILES string of the molecule is CC(c1cccs1)n1cncc1C1CCNC1. The van der Waals surface area contributed by atoms with Crippen molar-refractivity contribution < 1.29 is 0 Å². The molecule has 1 fully saturated rings. The fourth-order valence-electron chi connectivity index (χ4n) is 2.53. The van der Waals surface area contributed by atoms with Gasteiger partial charge < -0.3 is 9.88 Å². The first-order valence-corrected chi connectivity index (χ1v) is 7.00. The van der Waals surface area contributed by atoms with Crippen LogP contribution in [0.1, 0.15) is 35.9 Å². The first-order valence-electron chi connectivity index (χ1n) is 6.12. The van der Waals surface area contributed by atoms with Crippen LogP contribution in [0.4, 0.5) is 0 Å². The summed E-state index contributed by atoms with van der Waals surface area (Å²) >= 11 is 1.82. The predicted molar refractivity (Wildman–Crippen MR) is 70.6 cm³/mol. The van der Waals surface area contributed by atoms with Crippen LogP contribution in [-0.2, 0) is 0 Å². The van der Waals surface area contributed by atoms with Gasteiger partial charge in [-0.15, -0.1) is 11.3 Å². The van der Waals surface area contributed by atoms with Gasteiger partial charge in [-0.05, 0) is 31.3 Å². The van der Waals surface area contributed by atoms with Gasteiger partial charge in [0.25, 0.3) is 0 Å². The maximum atomic E-state index is 4.34. The summed E-state index contributed by atoms with van der Waals surface area (Å²) in [5.41, 5.74) is 1.37. The second kappa shape index (κ2) is 4.63. The number of nitrogens with one attached hydrogen (secondary N) is 1. The highest BCUT2D eigenvalue weighted by Gasteiger charge is 2.22. The molecule has 0 amide bonds. The summed E-state index contributed by atoms with van der Waals surface area (Å²) in [5, 5.41) is 5.56. The molecule has 17 heavy (non-hydrogen) atoms. The van der Waals surface area contributed by atoms with Crippen LogP contribution < -0.4 is 5.32 Å². The molecule has 3 nitrogen and oxygen atoms in total. The Labute approximate surface area is 106 Å². The van der Waals surface area contributed by atoms with Crippen LogP contribution in [0, 0.1) is 0 Å². The van der Waals surface area contributed by atoms with Gasteiger partial charge in [0.15, 0.2) is 0 Å². The zero-order valence-electron chi connectivity index (χ0n) is 9.97. The van der Waals surface area contributed by atoms with Crippen LogP contribution in [0.15, 0.2) is 30.0 Å². The lowest BCUT2D eigenvalue weighted by atomic mass is 10.0. The zero-order valence-corrected chi connectivity index (χ0v) is 10.8. The van der Waals surface area contributed by atoms with Crippen molar-refractivity contribution in [3.8, 4) is 0 Å². The monoisotopic (exact) mass is 247 g/mol. The van der Waals surface area contributed by atoms with Crippen molar-refractivity contribution in [2.45, 2.75) is 25.3 Å². The maximum absolute atomic E-state index is 4.34. The molecule has 0 aromatic carbocycles. The van der Waals surface area contributed by atoms with Gasteiger partial charge >= 0.3 is 0 Å². The molecule has 2 aromatic heterocycles. The van der Waals surface area contributed by atoms with Crippen molar-refractivity contribution in [2.75, 3.05) is 13.1 Å². The average molecular weight is 247 g/mol. The maximum Gasteiger partial charge on any atom is 0.0954 e. The third kappa shape index (κ3) is 2.03. The lowest BCUT2D eigenvalue weighted by Gasteiger charge is -2.18. The summed E-state index contributed by atoms with van der Waals surface area (Å²) in [6, 6.07) is 4.71. The third-order valence-electron chi connectivity index (χ3n) is 3.55. The highest BCUT2D eigenvalue weighted by molar-refractivity contribution is 7.10. The Balaban J connectivity index is 1.90. The van der Waals surface area contributed by atoms with Gasteiger partial charge in [-0.1, -0.05) is 6.07 Å². The molecule has 0 saturated carbocycles. The Morgan fingerprint density at radius 3 is 3.24 bits per heavy atom. The Morgan fingerprint density at radius 2 is 2.53 bits per heavy atom. The number of thiophene rings is 1. The van der Waals surface area contributed by atoms with Gasteiger partial charge in [-0.25, -0.2) is 4.98 Å². The van der Waals surface area contributed by atoms with E-state index in [1.165, 1.54) is 17.0 Å². The molecule has 2 atom stereocenters.